The van der Waals surface area contributed by atoms with Crippen molar-refractivity contribution in [2.45, 2.75) is 39.2 Å². The van der Waals surface area contributed by atoms with Crippen LogP contribution in [-0.2, 0) is 6.54 Å². The summed E-state index contributed by atoms with van der Waals surface area (Å²) in [4.78, 5) is 25.8. The van der Waals surface area contributed by atoms with Crippen LogP contribution in [0.3, 0.4) is 0 Å². The highest BCUT2D eigenvalue weighted by Crippen LogP contribution is 1.97. The molecule has 1 heterocycles. The molecule has 2 amide bonds. The first-order valence-corrected chi connectivity index (χ1v) is 6.90. The third-order valence-electron chi connectivity index (χ3n) is 2.82. The zero-order chi connectivity index (χ0) is 14.8. The average molecular weight is 282 g/mol. The normalized spacial score (nSPS) is 10.2. The van der Waals surface area contributed by atoms with Crippen molar-refractivity contribution in [3.63, 3.8) is 0 Å². The van der Waals surface area contributed by atoms with Gasteiger partial charge in [-0.25, -0.2) is 14.6 Å². The number of nitrogens with one attached hydrogen (secondary N) is 2. The highest BCUT2D eigenvalue weighted by Gasteiger charge is 2.06. The number of imidazole rings is 1. The summed E-state index contributed by atoms with van der Waals surface area (Å²) in [7, 11) is 0. The molecule has 7 heteroatoms. The van der Waals surface area contributed by atoms with E-state index in [1.165, 1.54) is 25.4 Å². The Bertz CT molecular complexity index is 431. The molecule has 0 bridgehead atoms. The van der Waals surface area contributed by atoms with Gasteiger partial charge in [0, 0.05) is 25.8 Å². The molecule has 1 aromatic rings. The molecule has 112 valence electrons. The van der Waals surface area contributed by atoms with E-state index < -0.39 is 5.97 Å². The summed E-state index contributed by atoms with van der Waals surface area (Å²) in [5, 5.41) is 14.2. The summed E-state index contributed by atoms with van der Waals surface area (Å²) in [6, 6.07) is -0.194. The minimum atomic E-state index is -1.05. The molecule has 0 aromatic carbocycles. The first-order valence-electron chi connectivity index (χ1n) is 6.90. The van der Waals surface area contributed by atoms with Gasteiger partial charge in [0.2, 0.25) is 0 Å². The Morgan fingerprint density at radius 2 is 2.00 bits per heavy atom. The Morgan fingerprint density at radius 3 is 2.65 bits per heavy atom. The Kier molecular flexibility index (Phi) is 7.16. The average Bonchev–Trinajstić information content (AvgIpc) is 2.87. The van der Waals surface area contributed by atoms with Gasteiger partial charge in [-0.15, -0.1) is 0 Å². The van der Waals surface area contributed by atoms with E-state index in [1.54, 1.807) is 4.57 Å². The number of hydrogen-bond acceptors (Lipinski definition) is 3. The van der Waals surface area contributed by atoms with Crippen molar-refractivity contribution >= 4 is 12.0 Å². The van der Waals surface area contributed by atoms with Gasteiger partial charge in [-0.3, -0.25) is 0 Å². The van der Waals surface area contributed by atoms with Crippen LogP contribution in [0.15, 0.2) is 12.5 Å². The number of urea groups is 1. The second-order valence-electron chi connectivity index (χ2n) is 4.55. The summed E-state index contributed by atoms with van der Waals surface area (Å²) >= 11 is 0. The van der Waals surface area contributed by atoms with Gasteiger partial charge in [0.25, 0.3) is 0 Å². The van der Waals surface area contributed by atoms with Gasteiger partial charge in [-0.2, -0.15) is 0 Å². The van der Waals surface area contributed by atoms with E-state index in [1.807, 2.05) is 0 Å². The number of aromatic carboxylic acids is 1. The van der Waals surface area contributed by atoms with Crippen molar-refractivity contribution in [1.82, 2.24) is 20.2 Å². The number of nitrogens with zero attached hydrogens (tertiary/aromatic N) is 2. The molecule has 7 nitrogen and oxygen atoms in total. The summed E-state index contributed by atoms with van der Waals surface area (Å²) < 4.78 is 1.63. The number of carbonyl (C=O) groups is 2. The van der Waals surface area contributed by atoms with Crippen molar-refractivity contribution in [2.75, 3.05) is 13.1 Å². The van der Waals surface area contributed by atoms with Crippen molar-refractivity contribution in [3.8, 4) is 0 Å². The quantitative estimate of drug-likeness (QED) is 0.597. The van der Waals surface area contributed by atoms with Crippen LogP contribution in [0, 0.1) is 0 Å². The number of aromatic nitrogens is 2. The molecule has 0 aliphatic rings. The number of rotatable bonds is 9. The lowest BCUT2D eigenvalue weighted by Crippen LogP contribution is -2.37. The van der Waals surface area contributed by atoms with E-state index in [4.69, 9.17) is 5.11 Å². The smallest absolute Gasteiger partial charge is 0.356 e. The van der Waals surface area contributed by atoms with Gasteiger partial charge in [-0.1, -0.05) is 26.2 Å². The number of hydrogen-bond donors (Lipinski definition) is 3. The molecule has 0 aliphatic carbocycles. The molecule has 20 heavy (non-hydrogen) atoms. The Hall–Kier alpha value is -2.05. The van der Waals surface area contributed by atoms with Crippen LogP contribution in [0.4, 0.5) is 4.79 Å². The molecule has 0 fully saturated rings. The van der Waals surface area contributed by atoms with Crippen LogP contribution in [0.25, 0.3) is 0 Å². The van der Waals surface area contributed by atoms with Gasteiger partial charge in [0.15, 0.2) is 5.69 Å². The SMILES string of the molecule is CCCCCCNC(=O)NCCn1cnc(C(=O)O)c1. The lowest BCUT2D eigenvalue weighted by atomic mass is 10.2. The van der Waals surface area contributed by atoms with E-state index >= 15 is 0 Å². The van der Waals surface area contributed by atoms with Gasteiger partial charge < -0.3 is 20.3 Å². The third kappa shape index (κ3) is 6.21. The number of carboxylic acids is 1. The van der Waals surface area contributed by atoms with Crippen molar-refractivity contribution in [3.05, 3.63) is 18.2 Å². The van der Waals surface area contributed by atoms with Gasteiger partial charge >= 0.3 is 12.0 Å². The van der Waals surface area contributed by atoms with Gasteiger partial charge in [0.1, 0.15) is 0 Å². The molecule has 3 N–H and O–H groups in total. The zero-order valence-corrected chi connectivity index (χ0v) is 11.8. The zero-order valence-electron chi connectivity index (χ0n) is 11.8. The monoisotopic (exact) mass is 282 g/mol. The number of carboxylic acid groups (broad SMARTS) is 1. The van der Waals surface area contributed by atoms with E-state index in [9.17, 15) is 9.59 Å². The fraction of sp³-hybridized carbons (Fsp3) is 0.615. The van der Waals surface area contributed by atoms with Crippen LogP contribution in [0.2, 0.25) is 0 Å². The van der Waals surface area contributed by atoms with E-state index in [-0.39, 0.29) is 11.7 Å². The van der Waals surface area contributed by atoms with E-state index in [2.05, 4.69) is 22.5 Å². The summed E-state index contributed by atoms with van der Waals surface area (Å²) in [5.41, 5.74) is 0.00498. The molecule has 0 unspecified atom stereocenters. The number of carbonyl (C=O) groups excluding carboxylic acids is 1. The molecule has 1 aromatic heterocycles. The van der Waals surface area contributed by atoms with Crippen molar-refractivity contribution < 1.29 is 14.7 Å². The highest BCUT2D eigenvalue weighted by atomic mass is 16.4. The van der Waals surface area contributed by atoms with Gasteiger partial charge in [-0.05, 0) is 6.42 Å². The standard InChI is InChI=1S/C13H22N4O3/c1-2-3-4-5-6-14-13(20)15-7-8-17-9-11(12(18)19)16-10-17/h9-10H,2-8H2,1H3,(H,18,19)(H2,14,15,20). The Balaban J connectivity index is 2.10. The molecule has 0 atom stereocenters. The maximum atomic E-state index is 11.4. The number of unbranched alkanes of at least 4 members (excludes halogenated alkanes) is 3. The highest BCUT2D eigenvalue weighted by molar-refractivity contribution is 5.84. The molecular weight excluding hydrogens is 260 g/mol. The maximum Gasteiger partial charge on any atom is 0.356 e. The molecule has 0 radical (unpaired) electrons. The van der Waals surface area contributed by atoms with Crippen LogP contribution >= 0.6 is 0 Å². The largest absolute Gasteiger partial charge is 0.476 e. The lowest BCUT2D eigenvalue weighted by molar-refractivity contribution is 0.0691. The summed E-state index contributed by atoms with van der Waals surface area (Å²) in [6.07, 6.45) is 7.36. The van der Waals surface area contributed by atoms with Crippen molar-refractivity contribution in [2.24, 2.45) is 0 Å². The minimum absolute atomic E-state index is 0.00498. The Morgan fingerprint density at radius 1 is 1.25 bits per heavy atom. The summed E-state index contributed by atoms with van der Waals surface area (Å²) in [5.74, 6) is -1.05. The molecule has 0 aliphatic heterocycles. The molecule has 1 rings (SSSR count). The van der Waals surface area contributed by atoms with Crippen LogP contribution < -0.4 is 10.6 Å². The topological polar surface area (TPSA) is 96.3 Å². The Labute approximate surface area is 118 Å². The molecular formula is C13H22N4O3. The second kappa shape index (κ2) is 8.95. The first kappa shape index (κ1) is 16.0. The minimum Gasteiger partial charge on any atom is -0.476 e. The second-order valence-corrected chi connectivity index (χ2v) is 4.55. The number of amides is 2. The van der Waals surface area contributed by atoms with E-state index in [0.717, 1.165) is 12.8 Å². The fourth-order valence-electron chi connectivity index (χ4n) is 1.71. The lowest BCUT2D eigenvalue weighted by Gasteiger charge is -2.07. The van der Waals surface area contributed by atoms with Crippen LogP contribution in [0.5, 0.6) is 0 Å². The van der Waals surface area contributed by atoms with Crippen LogP contribution in [0.1, 0.15) is 43.1 Å². The molecule has 0 spiro atoms. The fourth-order valence-corrected chi connectivity index (χ4v) is 1.71. The van der Waals surface area contributed by atoms with E-state index in [0.29, 0.717) is 19.6 Å². The van der Waals surface area contributed by atoms with Gasteiger partial charge in [0.05, 0.1) is 6.33 Å². The third-order valence-corrected chi connectivity index (χ3v) is 2.82. The van der Waals surface area contributed by atoms with Crippen molar-refractivity contribution in [1.29, 1.82) is 0 Å². The molecule has 0 saturated carbocycles. The maximum absolute atomic E-state index is 11.4. The predicted molar refractivity (Wildman–Crippen MR) is 74.7 cm³/mol. The summed E-state index contributed by atoms with van der Waals surface area (Å²) in [6.45, 7) is 3.74. The molecule has 0 saturated heterocycles. The predicted octanol–water partition coefficient (Wildman–Crippen LogP) is 1.46. The first-order chi connectivity index (χ1) is 9.63. The van der Waals surface area contributed by atoms with Crippen LogP contribution in [-0.4, -0.2) is 39.7 Å².